The van der Waals surface area contributed by atoms with E-state index in [9.17, 15) is 4.79 Å². The fraction of sp³-hybridized carbons (Fsp3) is 0.600. The molecule has 0 aliphatic rings. The second-order valence-electron chi connectivity index (χ2n) is 3.66. The molecule has 1 aromatic heterocycles. The van der Waals surface area contributed by atoms with Crippen LogP contribution < -0.4 is 11.1 Å². The van der Waals surface area contributed by atoms with Crippen LogP contribution in [-0.2, 0) is 11.3 Å². The predicted octanol–water partition coefficient (Wildman–Crippen LogP) is 0.146. The molecule has 6 nitrogen and oxygen atoms in total. The molecule has 1 atom stereocenters. The molecule has 3 N–H and O–H groups in total. The minimum Gasteiger partial charge on any atom is -0.377 e. The standard InChI is InChI=1S/C10H17N3O3/c1-7(4-11)5-12-10(14)9-3-8(6-15-2)16-13-9/h3,7H,4-6,11H2,1-2H3,(H,12,14)/t7-/m0/s1. The minimum atomic E-state index is -0.258. The zero-order valence-electron chi connectivity index (χ0n) is 9.53. The average Bonchev–Trinajstić information content (AvgIpc) is 2.74. The third-order valence-corrected chi connectivity index (χ3v) is 2.09. The monoisotopic (exact) mass is 227 g/mol. The summed E-state index contributed by atoms with van der Waals surface area (Å²) < 4.78 is 9.75. The van der Waals surface area contributed by atoms with E-state index in [0.29, 0.717) is 25.5 Å². The minimum absolute atomic E-state index is 0.245. The number of amides is 1. The lowest BCUT2D eigenvalue weighted by Gasteiger charge is -2.08. The Hall–Kier alpha value is -1.40. The summed E-state index contributed by atoms with van der Waals surface area (Å²) in [6, 6.07) is 1.56. The van der Waals surface area contributed by atoms with Crippen molar-refractivity contribution < 1.29 is 14.1 Å². The van der Waals surface area contributed by atoms with Crippen LogP contribution in [-0.4, -0.2) is 31.3 Å². The fourth-order valence-corrected chi connectivity index (χ4v) is 1.07. The zero-order valence-corrected chi connectivity index (χ0v) is 9.53. The number of carbonyl (C=O) groups is 1. The SMILES string of the molecule is COCc1cc(C(=O)NC[C@@H](C)CN)no1. The van der Waals surface area contributed by atoms with Gasteiger partial charge in [-0.15, -0.1) is 0 Å². The topological polar surface area (TPSA) is 90.4 Å². The van der Waals surface area contributed by atoms with Gasteiger partial charge in [0, 0.05) is 19.7 Å². The van der Waals surface area contributed by atoms with Crippen LogP contribution in [0.15, 0.2) is 10.6 Å². The van der Waals surface area contributed by atoms with Crippen LogP contribution in [0.1, 0.15) is 23.2 Å². The van der Waals surface area contributed by atoms with Crippen molar-refractivity contribution >= 4 is 5.91 Å². The molecule has 16 heavy (non-hydrogen) atoms. The number of nitrogens with one attached hydrogen (secondary N) is 1. The molecule has 1 amide bonds. The lowest BCUT2D eigenvalue weighted by molar-refractivity contribution is 0.0938. The smallest absolute Gasteiger partial charge is 0.273 e. The first-order valence-electron chi connectivity index (χ1n) is 5.10. The van der Waals surface area contributed by atoms with E-state index in [1.54, 1.807) is 13.2 Å². The number of hydrogen-bond acceptors (Lipinski definition) is 5. The van der Waals surface area contributed by atoms with Crippen LogP contribution in [0.5, 0.6) is 0 Å². The van der Waals surface area contributed by atoms with Crippen LogP contribution in [0.3, 0.4) is 0 Å². The van der Waals surface area contributed by atoms with Gasteiger partial charge >= 0.3 is 0 Å². The molecule has 90 valence electrons. The van der Waals surface area contributed by atoms with E-state index >= 15 is 0 Å². The van der Waals surface area contributed by atoms with E-state index in [0.717, 1.165) is 0 Å². The Labute approximate surface area is 94.1 Å². The van der Waals surface area contributed by atoms with Crippen molar-refractivity contribution in [2.24, 2.45) is 11.7 Å². The molecule has 1 aromatic rings. The Morgan fingerprint density at radius 3 is 3.12 bits per heavy atom. The Morgan fingerprint density at radius 2 is 2.50 bits per heavy atom. The lowest BCUT2D eigenvalue weighted by atomic mass is 10.2. The lowest BCUT2D eigenvalue weighted by Crippen LogP contribution is -2.31. The van der Waals surface area contributed by atoms with Crippen molar-refractivity contribution in [1.82, 2.24) is 10.5 Å². The number of methoxy groups -OCH3 is 1. The van der Waals surface area contributed by atoms with E-state index in [4.69, 9.17) is 15.0 Å². The molecule has 0 fully saturated rings. The molecular weight excluding hydrogens is 210 g/mol. The quantitative estimate of drug-likeness (QED) is 0.721. The van der Waals surface area contributed by atoms with Crippen molar-refractivity contribution in [2.45, 2.75) is 13.5 Å². The van der Waals surface area contributed by atoms with Crippen LogP contribution >= 0.6 is 0 Å². The maximum absolute atomic E-state index is 11.6. The molecule has 1 heterocycles. The molecule has 0 saturated heterocycles. The van der Waals surface area contributed by atoms with Gasteiger partial charge < -0.3 is 20.3 Å². The third kappa shape index (κ3) is 3.63. The summed E-state index contributed by atoms with van der Waals surface area (Å²) in [5.41, 5.74) is 5.70. The molecule has 6 heteroatoms. The Morgan fingerprint density at radius 1 is 1.75 bits per heavy atom. The Balaban J connectivity index is 2.46. The van der Waals surface area contributed by atoms with Crippen molar-refractivity contribution in [3.05, 3.63) is 17.5 Å². The van der Waals surface area contributed by atoms with Crippen molar-refractivity contribution in [2.75, 3.05) is 20.2 Å². The van der Waals surface area contributed by atoms with Gasteiger partial charge in [0.25, 0.3) is 5.91 Å². The maximum Gasteiger partial charge on any atom is 0.273 e. The van der Waals surface area contributed by atoms with Gasteiger partial charge in [0.1, 0.15) is 6.61 Å². The normalized spacial score (nSPS) is 12.4. The fourth-order valence-electron chi connectivity index (χ4n) is 1.07. The molecule has 0 bridgehead atoms. The van der Waals surface area contributed by atoms with E-state index < -0.39 is 0 Å². The number of ether oxygens (including phenoxy) is 1. The molecule has 0 saturated carbocycles. The Bertz CT molecular complexity index is 338. The van der Waals surface area contributed by atoms with E-state index in [2.05, 4.69) is 10.5 Å². The third-order valence-electron chi connectivity index (χ3n) is 2.09. The van der Waals surface area contributed by atoms with Gasteiger partial charge in [-0.2, -0.15) is 0 Å². The van der Waals surface area contributed by atoms with E-state index in [1.807, 2.05) is 6.92 Å². The van der Waals surface area contributed by atoms with Gasteiger partial charge in [0.05, 0.1) is 0 Å². The second-order valence-corrected chi connectivity index (χ2v) is 3.66. The van der Waals surface area contributed by atoms with Crippen LogP contribution in [0.25, 0.3) is 0 Å². The number of hydrogen-bond donors (Lipinski definition) is 2. The second kappa shape index (κ2) is 6.24. The van der Waals surface area contributed by atoms with Gasteiger partial charge in [-0.1, -0.05) is 12.1 Å². The van der Waals surface area contributed by atoms with Crippen molar-refractivity contribution in [1.29, 1.82) is 0 Å². The van der Waals surface area contributed by atoms with Gasteiger partial charge in [-0.3, -0.25) is 4.79 Å². The molecule has 0 aliphatic heterocycles. The molecule has 1 rings (SSSR count). The number of carbonyl (C=O) groups excluding carboxylic acids is 1. The predicted molar refractivity (Wildman–Crippen MR) is 57.8 cm³/mol. The summed E-state index contributed by atoms with van der Waals surface area (Å²) in [7, 11) is 1.55. The van der Waals surface area contributed by atoms with Crippen LogP contribution in [0.2, 0.25) is 0 Å². The largest absolute Gasteiger partial charge is 0.377 e. The van der Waals surface area contributed by atoms with Gasteiger partial charge in [0.15, 0.2) is 11.5 Å². The highest BCUT2D eigenvalue weighted by molar-refractivity contribution is 5.92. The summed E-state index contributed by atoms with van der Waals surface area (Å²) in [4.78, 5) is 11.6. The Kier molecular flexibility index (Phi) is 4.94. The molecule has 0 unspecified atom stereocenters. The van der Waals surface area contributed by atoms with Gasteiger partial charge in [-0.05, 0) is 12.5 Å². The zero-order chi connectivity index (χ0) is 12.0. The van der Waals surface area contributed by atoms with Crippen LogP contribution in [0, 0.1) is 5.92 Å². The maximum atomic E-state index is 11.6. The molecule has 0 aromatic carbocycles. The summed E-state index contributed by atoms with van der Waals surface area (Å²) in [6.07, 6.45) is 0. The average molecular weight is 227 g/mol. The van der Waals surface area contributed by atoms with Crippen molar-refractivity contribution in [3.8, 4) is 0 Å². The summed E-state index contributed by atoms with van der Waals surface area (Å²) in [6.45, 7) is 3.33. The molecule has 0 radical (unpaired) electrons. The van der Waals surface area contributed by atoms with Crippen LogP contribution in [0.4, 0.5) is 0 Å². The number of nitrogens with zero attached hydrogens (tertiary/aromatic N) is 1. The van der Waals surface area contributed by atoms with Gasteiger partial charge in [-0.25, -0.2) is 0 Å². The number of rotatable bonds is 6. The first-order chi connectivity index (χ1) is 7.67. The first-order valence-corrected chi connectivity index (χ1v) is 5.10. The number of nitrogens with two attached hydrogens (primary N) is 1. The van der Waals surface area contributed by atoms with E-state index in [1.165, 1.54) is 0 Å². The summed E-state index contributed by atoms with van der Waals surface area (Å²) >= 11 is 0. The summed E-state index contributed by atoms with van der Waals surface area (Å²) in [5.74, 6) is 0.514. The molecule has 0 spiro atoms. The molecule has 0 aliphatic carbocycles. The van der Waals surface area contributed by atoms with Crippen molar-refractivity contribution in [3.63, 3.8) is 0 Å². The summed E-state index contributed by atoms with van der Waals surface area (Å²) in [5, 5.41) is 6.36. The first kappa shape index (κ1) is 12.7. The van der Waals surface area contributed by atoms with Gasteiger partial charge in [0.2, 0.25) is 0 Å². The highest BCUT2D eigenvalue weighted by Gasteiger charge is 2.12. The highest BCUT2D eigenvalue weighted by atomic mass is 16.5. The number of aromatic nitrogens is 1. The molecular formula is C10H17N3O3. The van der Waals surface area contributed by atoms with E-state index in [-0.39, 0.29) is 17.5 Å². The highest BCUT2D eigenvalue weighted by Crippen LogP contribution is 2.04.